The minimum atomic E-state index is -0.694. The summed E-state index contributed by atoms with van der Waals surface area (Å²) in [5, 5.41) is -0.278. The van der Waals surface area contributed by atoms with Gasteiger partial charge in [-0.25, -0.2) is 9.37 Å². The molecule has 1 aromatic heterocycles. The van der Waals surface area contributed by atoms with Crippen molar-refractivity contribution in [3.05, 3.63) is 34.8 Å². The second-order valence-electron chi connectivity index (χ2n) is 3.78. The van der Waals surface area contributed by atoms with Crippen LogP contribution in [-0.4, -0.2) is 17.4 Å². The molecule has 6 heteroatoms. The SMILES string of the molecule is C=CC1CC(=O)N(c2cc(F)c(Cl)nc2Cl)C1. The van der Waals surface area contributed by atoms with E-state index >= 15 is 0 Å². The van der Waals surface area contributed by atoms with Gasteiger partial charge >= 0.3 is 0 Å². The van der Waals surface area contributed by atoms with Gasteiger partial charge in [0.15, 0.2) is 16.1 Å². The van der Waals surface area contributed by atoms with Crippen molar-refractivity contribution < 1.29 is 9.18 Å². The van der Waals surface area contributed by atoms with Gasteiger partial charge in [-0.3, -0.25) is 4.79 Å². The van der Waals surface area contributed by atoms with E-state index in [1.165, 1.54) is 4.90 Å². The van der Waals surface area contributed by atoms with E-state index in [1.807, 2.05) is 0 Å². The third-order valence-corrected chi connectivity index (χ3v) is 3.19. The predicted molar refractivity (Wildman–Crippen MR) is 64.9 cm³/mol. The Hall–Kier alpha value is -1.13. The Morgan fingerprint density at radius 2 is 2.24 bits per heavy atom. The Morgan fingerprint density at radius 1 is 1.53 bits per heavy atom. The molecule has 0 radical (unpaired) electrons. The molecule has 3 nitrogen and oxygen atoms in total. The summed E-state index contributed by atoms with van der Waals surface area (Å²) in [6.45, 7) is 4.07. The summed E-state index contributed by atoms with van der Waals surface area (Å²) in [6.07, 6.45) is 2.05. The van der Waals surface area contributed by atoms with Gasteiger partial charge in [0.1, 0.15) is 0 Å². The topological polar surface area (TPSA) is 33.2 Å². The highest BCUT2D eigenvalue weighted by Gasteiger charge is 2.30. The summed E-state index contributed by atoms with van der Waals surface area (Å²) in [5.74, 6) is -0.765. The molecule has 17 heavy (non-hydrogen) atoms. The highest BCUT2D eigenvalue weighted by atomic mass is 35.5. The Morgan fingerprint density at radius 3 is 2.82 bits per heavy atom. The number of hydrogen-bond acceptors (Lipinski definition) is 2. The van der Waals surface area contributed by atoms with E-state index in [2.05, 4.69) is 11.6 Å². The number of anilines is 1. The van der Waals surface area contributed by atoms with E-state index in [4.69, 9.17) is 23.2 Å². The van der Waals surface area contributed by atoms with Crippen molar-refractivity contribution in [2.75, 3.05) is 11.4 Å². The molecule has 1 unspecified atom stereocenters. The molecule has 1 atom stereocenters. The quantitative estimate of drug-likeness (QED) is 0.614. The number of pyridine rings is 1. The van der Waals surface area contributed by atoms with Crippen molar-refractivity contribution in [2.24, 2.45) is 5.92 Å². The lowest BCUT2D eigenvalue weighted by Gasteiger charge is -2.17. The fourth-order valence-corrected chi connectivity index (χ4v) is 2.17. The number of aromatic nitrogens is 1. The summed E-state index contributed by atoms with van der Waals surface area (Å²) in [4.78, 5) is 16.8. The molecule has 0 bridgehead atoms. The first-order valence-corrected chi connectivity index (χ1v) is 5.73. The van der Waals surface area contributed by atoms with Gasteiger partial charge in [-0.2, -0.15) is 0 Å². The smallest absolute Gasteiger partial charge is 0.227 e. The van der Waals surface area contributed by atoms with Crippen LogP contribution in [0.2, 0.25) is 10.3 Å². The molecule has 1 aromatic rings. The highest BCUT2D eigenvalue weighted by Crippen LogP contribution is 2.32. The van der Waals surface area contributed by atoms with Gasteiger partial charge in [-0.15, -0.1) is 6.58 Å². The molecule has 0 aliphatic carbocycles. The van der Waals surface area contributed by atoms with E-state index in [0.29, 0.717) is 13.0 Å². The van der Waals surface area contributed by atoms with Gasteiger partial charge in [-0.1, -0.05) is 29.3 Å². The van der Waals surface area contributed by atoms with Crippen LogP contribution in [0.25, 0.3) is 0 Å². The maximum absolute atomic E-state index is 13.3. The van der Waals surface area contributed by atoms with E-state index in [0.717, 1.165) is 6.07 Å². The van der Waals surface area contributed by atoms with Crippen molar-refractivity contribution in [3.8, 4) is 0 Å². The fourth-order valence-electron chi connectivity index (χ4n) is 1.75. The molecule has 0 N–H and O–H groups in total. The maximum Gasteiger partial charge on any atom is 0.227 e. The first-order chi connectivity index (χ1) is 8.02. The van der Waals surface area contributed by atoms with Gasteiger partial charge in [0.2, 0.25) is 5.91 Å². The largest absolute Gasteiger partial charge is 0.309 e. The molecule has 1 aliphatic rings. The molecule has 0 spiro atoms. The lowest BCUT2D eigenvalue weighted by molar-refractivity contribution is -0.117. The number of hydrogen-bond donors (Lipinski definition) is 0. The second kappa shape index (κ2) is 4.63. The summed E-state index contributed by atoms with van der Waals surface area (Å²) >= 11 is 11.4. The Bertz CT molecular complexity index is 493. The zero-order valence-electron chi connectivity index (χ0n) is 8.79. The number of nitrogens with zero attached hydrogens (tertiary/aromatic N) is 2. The van der Waals surface area contributed by atoms with Crippen molar-refractivity contribution in [1.82, 2.24) is 4.98 Å². The van der Waals surface area contributed by atoms with Crippen LogP contribution in [0.1, 0.15) is 6.42 Å². The van der Waals surface area contributed by atoms with Crippen molar-refractivity contribution in [2.45, 2.75) is 6.42 Å². The Balaban J connectivity index is 2.38. The summed E-state index contributed by atoms with van der Waals surface area (Å²) in [6, 6.07) is 1.13. The van der Waals surface area contributed by atoms with E-state index in [9.17, 15) is 9.18 Å². The van der Waals surface area contributed by atoms with Crippen LogP contribution in [0.15, 0.2) is 18.7 Å². The second-order valence-corrected chi connectivity index (χ2v) is 4.49. The zero-order chi connectivity index (χ0) is 12.6. The standard InChI is InChI=1S/C11H9Cl2FN2O/c1-2-6-3-9(17)16(5-6)8-4-7(14)10(12)15-11(8)13/h2,4,6H,1,3,5H2. The van der Waals surface area contributed by atoms with Crippen molar-refractivity contribution >= 4 is 34.8 Å². The third-order valence-electron chi connectivity index (χ3n) is 2.65. The van der Waals surface area contributed by atoms with Crippen molar-refractivity contribution in [1.29, 1.82) is 0 Å². The minimum Gasteiger partial charge on any atom is -0.309 e. The average molecular weight is 275 g/mol. The van der Waals surface area contributed by atoms with Gasteiger partial charge in [-0.05, 0) is 0 Å². The maximum atomic E-state index is 13.3. The number of carbonyl (C=O) groups is 1. The van der Waals surface area contributed by atoms with Crippen LogP contribution in [-0.2, 0) is 4.79 Å². The van der Waals surface area contributed by atoms with Gasteiger partial charge < -0.3 is 4.90 Å². The van der Waals surface area contributed by atoms with E-state index in [-0.39, 0.29) is 27.8 Å². The lowest BCUT2D eigenvalue weighted by atomic mass is 10.1. The van der Waals surface area contributed by atoms with E-state index in [1.54, 1.807) is 6.08 Å². The van der Waals surface area contributed by atoms with Gasteiger partial charge in [0.05, 0.1) is 5.69 Å². The van der Waals surface area contributed by atoms with Crippen LogP contribution in [0.3, 0.4) is 0 Å². The van der Waals surface area contributed by atoms with Crippen LogP contribution in [0.5, 0.6) is 0 Å². The molecule has 1 saturated heterocycles. The summed E-state index contributed by atoms with van der Waals surface area (Å²) < 4.78 is 13.3. The minimum absolute atomic E-state index is 0.0227. The van der Waals surface area contributed by atoms with Gasteiger partial charge in [0.25, 0.3) is 0 Å². The van der Waals surface area contributed by atoms with E-state index < -0.39 is 5.82 Å². The lowest BCUT2D eigenvalue weighted by Crippen LogP contribution is -2.25. The Kier molecular flexibility index (Phi) is 3.35. The molecule has 1 fully saturated rings. The first-order valence-electron chi connectivity index (χ1n) is 4.97. The van der Waals surface area contributed by atoms with Crippen LogP contribution in [0, 0.1) is 11.7 Å². The molecule has 90 valence electrons. The molecular formula is C11H9Cl2FN2O. The molecular weight excluding hydrogens is 266 g/mol. The predicted octanol–water partition coefficient (Wildman–Crippen LogP) is 3.07. The number of amides is 1. The number of rotatable bonds is 2. The zero-order valence-corrected chi connectivity index (χ0v) is 10.3. The summed E-state index contributed by atoms with van der Waals surface area (Å²) in [5.41, 5.74) is 0.253. The average Bonchev–Trinajstić information content (AvgIpc) is 2.65. The fraction of sp³-hybridized carbons (Fsp3) is 0.273. The Labute approximate surface area is 108 Å². The molecule has 0 aromatic carbocycles. The monoisotopic (exact) mass is 274 g/mol. The van der Waals surface area contributed by atoms with Gasteiger partial charge in [0, 0.05) is 24.9 Å². The van der Waals surface area contributed by atoms with Crippen molar-refractivity contribution in [3.63, 3.8) is 0 Å². The number of carbonyl (C=O) groups excluding carboxylic acids is 1. The first kappa shape index (κ1) is 12.3. The molecule has 2 heterocycles. The highest BCUT2D eigenvalue weighted by molar-refractivity contribution is 6.34. The number of halogens is 3. The molecule has 0 saturated carbocycles. The molecule has 1 amide bonds. The van der Waals surface area contributed by atoms with Crippen LogP contribution in [0.4, 0.5) is 10.1 Å². The molecule has 2 rings (SSSR count). The summed E-state index contributed by atoms with van der Waals surface area (Å²) in [7, 11) is 0. The van der Waals surface area contributed by atoms with Crippen LogP contribution < -0.4 is 4.90 Å². The third kappa shape index (κ3) is 2.28. The molecule has 1 aliphatic heterocycles. The normalized spacial score (nSPS) is 19.8. The van der Waals surface area contributed by atoms with Crippen LogP contribution >= 0.6 is 23.2 Å².